The predicted octanol–water partition coefficient (Wildman–Crippen LogP) is 4.02. The van der Waals surface area contributed by atoms with E-state index in [-0.39, 0.29) is 12.3 Å². The van der Waals surface area contributed by atoms with Gasteiger partial charge in [-0.15, -0.1) is 5.10 Å². The first-order valence-electron chi connectivity index (χ1n) is 9.15. The van der Waals surface area contributed by atoms with E-state index < -0.39 is 0 Å². The molecule has 2 aromatic heterocycles. The quantitative estimate of drug-likeness (QED) is 0.569. The second kappa shape index (κ2) is 7.26. The van der Waals surface area contributed by atoms with Crippen molar-refractivity contribution in [1.29, 1.82) is 0 Å². The van der Waals surface area contributed by atoms with Crippen LogP contribution in [0.4, 0.5) is 5.69 Å². The van der Waals surface area contributed by atoms with Gasteiger partial charge in [-0.2, -0.15) is 0 Å². The van der Waals surface area contributed by atoms with Crippen molar-refractivity contribution in [3.63, 3.8) is 0 Å². The van der Waals surface area contributed by atoms with Gasteiger partial charge in [0.2, 0.25) is 5.91 Å². The summed E-state index contributed by atoms with van der Waals surface area (Å²) in [4.78, 5) is 12.6. The number of fused-ring (bicyclic) bond motifs is 1. The number of aromatic nitrogens is 4. The van der Waals surface area contributed by atoms with Gasteiger partial charge in [0.25, 0.3) is 0 Å². The average Bonchev–Trinajstić information content (AvgIpc) is 3.31. The Morgan fingerprint density at radius 1 is 1.25 bits per heavy atom. The first-order chi connectivity index (χ1) is 13.5. The maximum absolute atomic E-state index is 12.6. The fourth-order valence-electron chi connectivity index (χ4n) is 3.39. The lowest BCUT2D eigenvalue weighted by molar-refractivity contribution is -0.115. The van der Waals surface area contributed by atoms with Crippen molar-refractivity contribution in [3.05, 3.63) is 65.7 Å². The Kier molecular flexibility index (Phi) is 4.65. The summed E-state index contributed by atoms with van der Waals surface area (Å²) in [6, 6.07) is 11.5. The second-order valence-corrected chi connectivity index (χ2v) is 7.15. The fraction of sp³-hybridized carbons (Fsp3) is 0.238. The van der Waals surface area contributed by atoms with Gasteiger partial charge in [0.05, 0.1) is 18.4 Å². The van der Waals surface area contributed by atoms with Crippen LogP contribution >= 0.6 is 0 Å². The highest BCUT2D eigenvalue weighted by Crippen LogP contribution is 2.29. The van der Waals surface area contributed by atoms with Crippen LogP contribution in [0.15, 0.2) is 53.4 Å². The van der Waals surface area contributed by atoms with Gasteiger partial charge in [0.1, 0.15) is 11.9 Å². The summed E-state index contributed by atoms with van der Waals surface area (Å²) >= 11 is 0. The zero-order valence-corrected chi connectivity index (χ0v) is 16.0. The molecule has 2 heterocycles. The molecule has 4 aromatic rings. The molecular weight excluding hydrogens is 354 g/mol. The number of nitrogens with one attached hydrogen (secondary N) is 1. The number of aryl methyl sites for hydroxylation is 1. The maximum Gasteiger partial charge on any atom is 0.228 e. The molecule has 0 unspecified atom stereocenters. The molecule has 0 bridgehead atoms. The Morgan fingerprint density at radius 3 is 2.86 bits per heavy atom. The Morgan fingerprint density at radius 2 is 2.11 bits per heavy atom. The average molecular weight is 375 g/mol. The first kappa shape index (κ1) is 17.9. The van der Waals surface area contributed by atoms with Crippen LogP contribution < -0.4 is 5.32 Å². The Bertz CT molecular complexity index is 1130. The van der Waals surface area contributed by atoms with Crippen LogP contribution in [0.2, 0.25) is 0 Å². The first-order valence-corrected chi connectivity index (χ1v) is 9.15. The minimum absolute atomic E-state index is 0.108. The third kappa shape index (κ3) is 3.51. The lowest BCUT2D eigenvalue weighted by Gasteiger charge is -2.10. The number of hydrogen-bond donors (Lipinski definition) is 1. The topological polar surface area (TPSA) is 85.8 Å². The molecule has 1 N–H and O–H groups in total. The summed E-state index contributed by atoms with van der Waals surface area (Å²) in [5, 5.41) is 15.0. The van der Waals surface area contributed by atoms with E-state index in [2.05, 4.69) is 47.7 Å². The Labute approximate surface area is 162 Å². The largest absolute Gasteiger partial charge is 0.464 e. The fourth-order valence-corrected chi connectivity index (χ4v) is 3.39. The third-order valence-corrected chi connectivity index (χ3v) is 4.76. The van der Waals surface area contributed by atoms with Crippen LogP contribution in [0.1, 0.15) is 36.5 Å². The van der Waals surface area contributed by atoms with Crippen molar-refractivity contribution < 1.29 is 9.21 Å². The summed E-state index contributed by atoms with van der Waals surface area (Å²) < 4.78 is 7.22. The molecule has 7 heteroatoms. The Balaban J connectivity index is 1.54. The molecule has 7 nitrogen and oxygen atoms in total. The number of rotatable bonds is 5. The van der Waals surface area contributed by atoms with Crippen LogP contribution in [-0.4, -0.2) is 26.1 Å². The van der Waals surface area contributed by atoms with Crippen molar-refractivity contribution in [2.75, 3.05) is 5.32 Å². The third-order valence-electron chi connectivity index (χ3n) is 4.76. The van der Waals surface area contributed by atoms with E-state index >= 15 is 0 Å². The van der Waals surface area contributed by atoms with Gasteiger partial charge in [-0.25, -0.2) is 4.68 Å². The molecule has 0 aliphatic rings. The number of anilines is 1. The van der Waals surface area contributed by atoms with Gasteiger partial charge in [-0.3, -0.25) is 4.79 Å². The molecule has 0 spiro atoms. The van der Waals surface area contributed by atoms with Crippen LogP contribution in [0, 0.1) is 6.92 Å². The summed E-state index contributed by atoms with van der Waals surface area (Å²) in [5.41, 5.74) is 5.62. The maximum atomic E-state index is 12.6. The standard InChI is InChI=1S/C21H21N5O2/c1-13(2)18-10-19-15(11-28-20(19)7-14(18)3)8-21(27)23-16-5-4-6-17(9-16)26-12-22-24-25-26/h4-7,9-13H,8H2,1-3H3,(H,23,27). The lowest BCUT2D eigenvalue weighted by Crippen LogP contribution is -2.14. The summed E-state index contributed by atoms with van der Waals surface area (Å²) in [6.45, 7) is 6.41. The van der Waals surface area contributed by atoms with Crippen LogP contribution in [0.25, 0.3) is 16.7 Å². The highest BCUT2D eigenvalue weighted by molar-refractivity contribution is 5.95. The number of carbonyl (C=O) groups excluding carboxylic acids is 1. The summed E-state index contributed by atoms with van der Waals surface area (Å²) in [5.74, 6) is 0.304. The van der Waals surface area contributed by atoms with E-state index in [0.29, 0.717) is 11.6 Å². The van der Waals surface area contributed by atoms with Gasteiger partial charge in [0.15, 0.2) is 0 Å². The zero-order valence-electron chi connectivity index (χ0n) is 16.0. The van der Waals surface area contributed by atoms with Gasteiger partial charge in [0, 0.05) is 16.6 Å². The zero-order chi connectivity index (χ0) is 19.7. The molecule has 28 heavy (non-hydrogen) atoms. The lowest BCUT2D eigenvalue weighted by atomic mass is 9.95. The van der Waals surface area contributed by atoms with Crippen molar-refractivity contribution in [3.8, 4) is 5.69 Å². The van der Waals surface area contributed by atoms with Crippen molar-refractivity contribution >= 4 is 22.6 Å². The van der Waals surface area contributed by atoms with E-state index in [1.807, 2.05) is 30.3 Å². The predicted molar refractivity (Wildman–Crippen MR) is 107 cm³/mol. The normalized spacial score (nSPS) is 11.3. The minimum atomic E-state index is -0.108. The molecule has 0 aliphatic carbocycles. The van der Waals surface area contributed by atoms with E-state index in [1.54, 1.807) is 6.26 Å². The molecule has 0 aliphatic heterocycles. The van der Waals surface area contributed by atoms with Gasteiger partial charge < -0.3 is 9.73 Å². The van der Waals surface area contributed by atoms with E-state index in [0.717, 1.165) is 22.2 Å². The van der Waals surface area contributed by atoms with Crippen LogP contribution in [0.5, 0.6) is 0 Å². The van der Waals surface area contributed by atoms with Crippen LogP contribution in [-0.2, 0) is 11.2 Å². The van der Waals surface area contributed by atoms with E-state index in [1.165, 1.54) is 22.1 Å². The molecule has 142 valence electrons. The smallest absolute Gasteiger partial charge is 0.228 e. The number of amides is 1. The van der Waals surface area contributed by atoms with Gasteiger partial charge >= 0.3 is 0 Å². The number of furan rings is 1. The minimum Gasteiger partial charge on any atom is -0.464 e. The molecule has 0 saturated heterocycles. The molecule has 1 amide bonds. The van der Waals surface area contributed by atoms with Crippen molar-refractivity contribution in [1.82, 2.24) is 20.2 Å². The Hall–Kier alpha value is -3.48. The summed E-state index contributed by atoms with van der Waals surface area (Å²) in [6.07, 6.45) is 3.42. The van der Waals surface area contributed by atoms with Crippen molar-refractivity contribution in [2.45, 2.75) is 33.1 Å². The number of carbonyl (C=O) groups is 1. The SMILES string of the molecule is Cc1cc2occ(CC(=O)Nc3cccc(-n4cnnn4)c3)c2cc1C(C)C. The number of benzene rings is 2. The molecule has 0 saturated carbocycles. The molecule has 0 atom stereocenters. The van der Waals surface area contributed by atoms with Crippen LogP contribution in [0.3, 0.4) is 0 Å². The van der Waals surface area contributed by atoms with E-state index in [9.17, 15) is 4.79 Å². The monoisotopic (exact) mass is 375 g/mol. The highest BCUT2D eigenvalue weighted by Gasteiger charge is 2.14. The molecule has 0 radical (unpaired) electrons. The molecular formula is C21H21N5O2. The molecule has 2 aromatic carbocycles. The highest BCUT2D eigenvalue weighted by atomic mass is 16.3. The second-order valence-electron chi connectivity index (χ2n) is 7.15. The van der Waals surface area contributed by atoms with Gasteiger partial charge in [-0.05, 0) is 64.7 Å². The van der Waals surface area contributed by atoms with E-state index in [4.69, 9.17) is 4.42 Å². The molecule has 0 fully saturated rings. The van der Waals surface area contributed by atoms with Crippen molar-refractivity contribution in [2.24, 2.45) is 0 Å². The molecule has 4 rings (SSSR count). The number of hydrogen-bond acceptors (Lipinski definition) is 5. The summed E-state index contributed by atoms with van der Waals surface area (Å²) in [7, 11) is 0. The number of tetrazole rings is 1. The van der Waals surface area contributed by atoms with Gasteiger partial charge in [-0.1, -0.05) is 19.9 Å². The number of nitrogens with zero attached hydrogens (tertiary/aromatic N) is 4.